The van der Waals surface area contributed by atoms with E-state index in [0.29, 0.717) is 13.2 Å². The summed E-state index contributed by atoms with van der Waals surface area (Å²) in [5, 5.41) is 14.4. The number of aryl methyl sites for hydroxylation is 1. The number of ether oxygens (including phenoxy) is 1. The Balaban J connectivity index is 1.62. The van der Waals surface area contributed by atoms with E-state index >= 15 is 0 Å². The SMILES string of the molecule is CC1(C)CCc2onc(CN3CCOc4ccccc4[C@@H]3CO)c2C1. The molecule has 0 spiro atoms. The van der Waals surface area contributed by atoms with Gasteiger partial charge in [-0.25, -0.2) is 0 Å². The van der Waals surface area contributed by atoms with Gasteiger partial charge in [0.05, 0.1) is 12.6 Å². The van der Waals surface area contributed by atoms with E-state index in [-0.39, 0.29) is 18.1 Å². The number of nitrogens with zero attached hydrogens (tertiary/aromatic N) is 2. The average molecular weight is 342 g/mol. The van der Waals surface area contributed by atoms with E-state index in [1.165, 1.54) is 5.56 Å². The number of rotatable bonds is 3. The molecule has 25 heavy (non-hydrogen) atoms. The van der Waals surface area contributed by atoms with Crippen LogP contribution in [0, 0.1) is 5.41 Å². The lowest BCUT2D eigenvalue weighted by atomic mass is 9.76. The van der Waals surface area contributed by atoms with Crippen LogP contribution in [0.2, 0.25) is 0 Å². The van der Waals surface area contributed by atoms with Crippen LogP contribution in [0.4, 0.5) is 0 Å². The number of aliphatic hydroxyl groups is 1. The van der Waals surface area contributed by atoms with Gasteiger partial charge in [-0.2, -0.15) is 0 Å². The molecular formula is C20H26N2O3. The molecule has 0 fully saturated rings. The van der Waals surface area contributed by atoms with Crippen molar-refractivity contribution >= 4 is 0 Å². The number of hydrogen-bond acceptors (Lipinski definition) is 5. The van der Waals surface area contributed by atoms with Crippen LogP contribution in [0.25, 0.3) is 0 Å². The first kappa shape index (κ1) is 16.6. The molecule has 2 heterocycles. The van der Waals surface area contributed by atoms with Gasteiger partial charge >= 0.3 is 0 Å². The van der Waals surface area contributed by atoms with Crippen LogP contribution in [-0.2, 0) is 19.4 Å². The molecular weight excluding hydrogens is 316 g/mol. The van der Waals surface area contributed by atoms with E-state index < -0.39 is 0 Å². The number of aliphatic hydroxyl groups excluding tert-OH is 1. The van der Waals surface area contributed by atoms with Crippen LogP contribution in [0.1, 0.15) is 48.9 Å². The molecule has 0 saturated heterocycles. The predicted octanol–water partition coefficient (Wildman–Crippen LogP) is 3.12. The van der Waals surface area contributed by atoms with Crippen molar-refractivity contribution in [3.05, 3.63) is 46.8 Å². The molecule has 0 radical (unpaired) electrons. The molecule has 0 bridgehead atoms. The number of hydrogen-bond donors (Lipinski definition) is 1. The van der Waals surface area contributed by atoms with Gasteiger partial charge in [0, 0.05) is 30.6 Å². The minimum atomic E-state index is -0.0809. The summed E-state index contributed by atoms with van der Waals surface area (Å²) in [4.78, 5) is 2.26. The molecule has 1 aliphatic carbocycles. The van der Waals surface area contributed by atoms with E-state index in [4.69, 9.17) is 9.26 Å². The molecule has 1 aromatic heterocycles. The zero-order chi connectivity index (χ0) is 17.4. The highest BCUT2D eigenvalue weighted by molar-refractivity contribution is 5.37. The van der Waals surface area contributed by atoms with Crippen molar-refractivity contribution in [1.82, 2.24) is 10.1 Å². The highest BCUT2D eigenvalue weighted by Gasteiger charge is 2.33. The normalized spacial score (nSPS) is 22.6. The predicted molar refractivity (Wildman–Crippen MR) is 94.5 cm³/mol. The number of para-hydroxylation sites is 1. The zero-order valence-corrected chi connectivity index (χ0v) is 15.0. The molecule has 0 unspecified atom stereocenters. The van der Waals surface area contributed by atoms with Crippen LogP contribution in [-0.4, -0.2) is 34.9 Å². The summed E-state index contributed by atoms with van der Waals surface area (Å²) in [6, 6.07) is 7.90. The van der Waals surface area contributed by atoms with Gasteiger partial charge in [-0.1, -0.05) is 37.2 Å². The zero-order valence-electron chi connectivity index (χ0n) is 15.0. The van der Waals surface area contributed by atoms with E-state index in [9.17, 15) is 5.11 Å². The van der Waals surface area contributed by atoms with Gasteiger partial charge < -0.3 is 14.4 Å². The smallest absolute Gasteiger partial charge is 0.140 e. The van der Waals surface area contributed by atoms with Gasteiger partial charge in [-0.15, -0.1) is 0 Å². The Kier molecular flexibility index (Phi) is 4.29. The standard InChI is InChI=1S/C20H26N2O3/c1-20(2)8-7-19-15(11-20)16(21-25-19)12-22-9-10-24-18-6-4-3-5-14(18)17(22)13-23/h3-6,17,23H,7-13H2,1-2H3/t17-/m0/s1. The maximum absolute atomic E-state index is 10.0. The minimum Gasteiger partial charge on any atom is -0.492 e. The quantitative estimate of drug-likeness (QED) is 0.929. The van der Waals surface area contributed by atoms with Crippen LogP contribution >= 0.6 is 0 Å². The number of fused-ring (bicyclic) bond motifs is 2. The van der Waals surface area contributed by atoms with Crippen LogP contribution in [0.3, 0.4) is 0 Å². The lowest BCUT2D eigenvalue weighted by Gasteiger charge is -2.30. The first-order valence-electron chi connectivity index (χ1n) is 9.10. The van der Waals surface area contributed by atoms with Gasteiger partial charge in [0.25, 0.3) is 0 Å². The number of benzene rings is 1. The van der Waals surface area contributed by atoms with Crippen molar-refractivity contribution in [2.45, 2.75) is 45.7 Å². The van der Waals surface area contributed by atoms with E-state index in [2.05, 4.69) is 23.9 Å². The topological polar surface area (TPSA) is 58.7 Å². The summed E-state index contributed by atoms with van der Waals surface area (Å²) >= 11 is 0. The Labute approximate surface area is 148 Å². The van der Waals surface area contributed by atoms with Gasteiger partial charge in [-0.05, 0) is 24.3 Å². The molecule has 2 aliphatic rings. The molecule has 1 atom stereocenters. The van der Waals surface area contributed by atoms with E-state index in [1.807, 2.05) is 24.3 Å². The van der Waals surface area contributed by atoms with Crippen molar-refractivity contribution in [2.75, 3.05) is 19.8 Å². The molecule has 4 rings (SSSR count). The molecule has 1 aliphatic heterocycles. The average Bonchev–Trinajstić information content (AvgIpc) is 2.87. The van der Waals surface area contributed by atoms with Crippen LogP contribution < -0.4 is 4.74 Å². The molecule has 1 N–H and O–H groups in total. The Hall–Kier alpha value is -1.85. The molecule has 5 heteroatoms. The monoisotopic (exact) mass is 342 g/mol. The third-order valence-corrected chi connectivity index (χ3v) is 5.52. The van der Waals surface area contributed by atoms with Crippen molar-refractivity contribution in [3.8, 4) is 5.75 Å². The Morgan fingerprint density at radius 2 is 2.16 bits per heavy atom. The van der Waals surface area contributed by atoms with Crippen molar-refractivity contribution in [3.63, 3.8) is 0 Å². The first-order chi connectivity index (χ1) is 12.1. The van der Waals surface area contributed by atoms with Crippen molar-refractivity contribution in [2.24, 2.45) is 5.41 Å². The summed E-state index contributed by atoms with van der Waals surface area (Å²) in [7, 11) is 0. The number of aromatic nitrogens is 1. The molecule has 2 aromatic rings. The highest BCUT2D eigenvalue weighted by atomic mass is 16.5. The third kappa shape index (κ3) is 3.18. The van der Waals surface area contributed by atoms with Crippen LogP contribution in [0.5, 0.6) is 5.75 Å². The molecule has 134 valence electrons. The summed E-state index contributed by atoms with van der Waals surface area (Å²) in [6.45, 7) is 6.71. The first-order valence-corrected chi connectivity index (χ1v) is 9.10. The van der Waals surface area contributed by atoms with Gasteiger partial charge in [0.15, 0.2) is 0 Å². The largest absolute Gasteiger partial charge is 0.492 e. The fourth-order valence-corrected chi connectivity index (χ4v) is 4.03. The lowest BCUT2D eigenvalue weighted by molar-refractivity contribution is 0.111. The van der Waals surface area contributed by atoms with Gasteiger partial charge in [0.2, 0.25) is 0 Å². The molecule has 5 nitrogen and oxygen atoms in total. The molecule has 0 saturated carbocycles. The second kappa shape index (κ2) is 6.46. The molecule has 1 aromatic carbocycles. The van der Waals surface area contributed by atoms with E-state index in [1.54, 1.807) is 0 Å². The Morgan fingerprint density at radius 1 is 1.32 bits per heavy atom. The Morgan fingerprint density at radius 3 is 3.00 bits per heavy atom. The second-order valence-corrected chi connectivity index (χ2v) is 7.93. The maximum Gasteiger partial charge on any atom is 0.140 e. The fourth-order valence-electron chi connectivity index (χ4n) is 4.03. The highest BCUT2D eigenvalue weighted by Crippen LogP contribution is 2.38. The van der Waals surface area contributed by atoms with Gasteiger partial charge in [0.1, 0.15) is 23.8 Å². The minimum absolute atomic E-state index is 0.0614. The summed E-state index contributed by atoms with van der Waals surface area (Å²) in [5.41, 5.74) is 3.62. The second-order valence-electron chi connectivity index (χ2n) is 7.93. The lowest BCUT2D eigenvalue weighted by Crippen LogP contribution is -2.33. The van der Waals surface area contributed by atoms with Gasteiger partial charge in [-0.3, -0.25) is 4.90 Å². The maximum atomic E-state index is 10.0. The summed E-state index contributed by atoms with van der Waals surface area (Å²) in [5.74, 6) is 1.91. The fraction of sp³-hybridized carbons (Fsp3) is 0.550. The Bertz CT molecular complexity index is 753. The van der Waals surface area contributed by atoms with Crippen molar-refractivity contribution < 1.29 is 14.4 Å². The summed E-state index contributed by atoms with van der Waals surface area (Å²) < 4.78 is 11.5. The van der Waals surface area contributed by atoms with E-state index in [0.717, 1.165) is 48.6 Å². The van der Waals surface area contributed by atoms with Crippen molar-refractivity contribution in [1.29, 1.82) is 0 Å². The van der Waals surface area contributed by atoms with Crippen LogP contribution in [0.15, 0.2) is 28.8 Å². The summed E-state index contributed by atoms with van der Waals surface area (Å²) in [6.07, 6.45) is 3.11. The third-order valence-electron chi connectivity index (χ3n) is 5.52. The molecule has 0 amide bonds.